The van der Waals surface area contributed by atoms with Gasteiger partial charge in [0.1, 0.15) is 5.75 Å². The number of amides is 2. The Morgan fingerprint density at radius 2 is 2.26 bits per heavy atom. The average Bonchev–Trinajstić information content (AvgIpc) is 2.53. The fourth-order valence-electron chi connectivity index (χ4n) is 2.42. The lowest BCUT2D eigenvalue weighted by Gasteiger charge is -2.28. The highest BCUT2D eigenvalue weighted by molar-refractivity contribution is 5.95. The third kappa shape index (κ3) is 3.95. The van der Waals surface area contributed by atoms with Crippen molar-refractivity contribution >= 4 is 23.2 Å². The molecule has 1 aliphatic rings. The number of quaternary nitrogens is 1. The predicted molar refractivity (Wildman–Crippen MR) is 81.4 cm³/mol. The Bertz CT molecular complexity index is 634. The van der Waals surface area contributed by atoms with E-state index in [4.69, 9.17) is 4.74 Å². The van der Waals surface area contributed by atoms with Crippen molar-refractivity contribution in [1.82, 2.24) is 5.32 Å². The zero-order chi connectivity index (χ0) is 17.0. The van der Waals surface area contributed by atoms with Gasteiger partial charge in [-0.15, -0.1) is 0 Å². The summed E-state index contributed by atoms with van der Waals surface area (Å²) in [7, 11) is 1.42. The molecule has 1 aliphatic heterocycles. The first-order valence-corrected chi connectivity index (χ1v) is 7.17. The molecule has 1 aromatic rings. The average molecular weight is 323 g/mol. The third-order valence-electron chi connectivity index (χ3n) is 3.81. The molecule has 2 amide bonds. The number of piperazine rings is 1. The van der Waals surface area contributed by atoms with Gasteiger partial charge in [0, 0.05) is 12.1 Å². The smallest absolute Gasteiger partial charge is 0.282 e. The van der Waals surface area contributed by atoms with Gasteiger partial charge in [-0.25, -0.2) is 0 Å². The van der Waals surface area contributed by atoms with E-state index in [2.05, 4.69) is 10.6 Å². The van der Waals surface area contributed by atoms with Crippen LogP contribution < -0.4 is 20.3 Å². The molecule has 0 spiro atoms. The van der Waals surface area contributed by atoms with Crippen LogP contribution in [0, 0.1) is 10.1 Å². The van der Waals surface area contributed by atoms with E-state index in [-0.39, 0.29) is 29.7 Å². The summed E-state index contributed by atoms with van der Waals surface area (Å²) < 4.78 is 5.11. The Morgan fingerprint density at radius 1 is 1.52 bits per heavy atom. The Kier molecular flexibility index (Phi) is 5.12. The maximum atomic E-state index is 12.4. The largest absolute Gasteiger partial charge is 0.495 e. The summed E-state index contributed by atoms with van der Waals surface area (Å²) in [5.74, 6) is -0.0881. The lowest BCUT2D eigenvalue weighted by atomic mass is 10.2. The molecule has 0 radical (unpaired) electrons. The van der Waals surface area contributed by atoms with Gasteiger partial charge in [-0.1, -0.05) is 0 Å². The van der Waals surface area contributed by atoms with Gasteiger partial charge in [-0.05, 0) is 13.0 Å². The van der Waals surface area contributed by atoms with Crippen LogP contribution in [0.4, 0.5) is 11.4 Å². The highest BCUT2D eigenvalue weighted by Crippen LogP contribution is 2.28. The van der Waals surface area contributed by atoms with Gasteiger partial charge < -0.3 is 20.3 Å². The summed E-state index contributed by atoms with van der Waals surface area (Å²) >= 11 is 0. The van der Waals surface area contributed by atoms with Gasteiger partial charge >= 0.3 is 0 Å². The van der Waals surface area contributed by atoms with Gasteiger partial charge in [0.15, 0.2) is 12.6 Å². The topological polar surface area (TPSA) is 115 Å². The molecule has 124 valence electrons. The molecule has 0 aromatic heterocycles. The lowest BCUT2D eigenvalue weighted by molar-refractivity contribution is -0.907. The van der Waals surface area contributed by atoms with Crippen molar-refractivity contribution in [2.24, 2.45) is 0 Å². The number of nitro benzene ring substituents is 1. The second kappa shape index (κ2) is 7.05. The van der Waals surface area contributed by atoms with E-state index in [1.54, 1.807) is 6.92 Å². The van der Waals surface area contributed by atoms with Gasteiger partial charge in [0.2, 0.25) is 0 Å². The Hall–Kier alpha value is -2.68. The molecule has 1 fully saturated rings. The Labute approximate surface area is 132 Å². The maximum absolute atomic E-state index is 12.4. The van der Waals surface area contributed by atoms with E-state index in [0.717, 1.165) is 4.90 Å². The molecule has 3 N–H and O–H groups in total. The van der Waals surface area contributed by atoms with E-state index in [1.165, 1.54) is 25.3 Å². The number of benzene rings is 1. The number of carbonyl (C=O) groups excluding carboxylic acids is 2. The minimum absolute atomic E-state index is 0.0983. The van der Waals surface area contributed by atoms with Crippen LogP contribution in [-0.2, 0) is 9.59 Å². The van der Waals surface area contributed by atoms with Crippen LogP contribution in [0.2, 0.25) is 0 Å². The van der Waals surface area contributed by atoms with Crippen molar-refractivity contribution in [3.63, 3.8) is 0 Å². The van der Waals surface area contributed by atoms with Crippen molar-refractivity contribution < 1.29 is 24.1 Å². The van der Waals surface area contributed by atoms with Crippen LogP contribution in [0.3, 0.4) is 0 Å². The fraction of sp³-hybridized carbons (Fsp3) is 0.429. The number of non-ortho nitro benzene ring substituents is 1. The molecule has 9 nitrogen and oxygen atoms in total. The molecular formula is C14H19N4O5+. The number of anilines is 1. The summed E-state index contributed by atoms with van der Waals surface area (Å²) in [5.41, 5.74) is 0.0952. The van der Waals surface area contributed by atoms with E-state index >= 15 is 0 Å². The van der Waals surface area contributed by atoms with E-state index in [9.17, 15) is 19.7 Å². The van der Waals surface area contributed by atoms with Crippen molar-refractivity contribution in [3.8, 4) is 5.75 Å². The molecule has 9 heteroatoms. The predicted octanol–water partition coefficient (Wildman–Crippen LogP) is -1.05. The highest BCUT2D eigenvalue weighted by atomic mass is 16.6. The van der Waals surface area contributed by atoms with E-state index in [0.29, 0.717) is 18.8 Å². The van der Waals surface area contributed by atoms with Crippen molar-refractivity contribution in [3.05, 3.63) is 28.3 Å². The monoisotopic (exact) mass is 323 g/mol. The summed E-state index contributed by atoms with van der Waals surface area (Å²) in [6.07, 6.45) is 0. The molecule has 0 bridgehead atoms. The Balaban J connectivity index is 2.13. The third-order valence-corrected chi connectivity index (χ3v) is 3.81. The molecular weight excluding hydrogens is 304 g/mol. The van der Waals surface area contributed by atoms with Crippen LogP contribution in [0.15, 0.2) is 18.2 Å². The summed E-state index contributed by atoms with van der Waals surface area (Å²) in [6.45, 7) is 3.10. The quantitative estimate of drug-likeness (QED) is 0.472. The van der Waals surface area contributed by atoms with Gasteiger partial charge in [0.25, 0.3) is 17.5 Å². The first-order chi connectivity index (χ1) is 10.9. The normalized spacial score (nSPS) is 18.7. The number of methoxy groups -OCH3 is 1. The Morgan fingerprint density at radius 3 is 2.87 bits per heavy atom. The molecule has 2 atom stereocenters. The fourth-order valence-corrected chi connectivity index (χ4v) is 2.42. The molecule has 0 aliphatic carbocycles. The first-order valence-electron chi connectivity index (χ1n) is 7.17. The van der Waals surface area contributed by atoms with Crippen molar-refractivity contribution in [2.45, 2.75) is 13.0 Å². The number of ether oxygens (including phenoxy) is 1. The SMILES string of the molecule is COc1ccc([N+](=O)[O-])cc1NC(=O)[C@H](C)[NH+]1CCNC(=O)C1. The highest BCUT2D eigenvalue weighted by Gasteiger charge is 2.30. The number of rotatable bonds is 5. The number of hydrogen-bond acceptors (Lipinski definition) is 5. The van der Waals surface area contributed by atoms with E-state index < -0.39 is 11.0 Å². The first kappa shape index (κ1) is 16.7. The van der Waals surface area contributed by atoms with Gasteiger partial charge in [-0.3, -0.25) is 19.7 Å². The molecule has 0 saturated carbocycles. The number of nitrogens with zero attached hydrogens (tertiary/aromatic N) is 1. The van der Waals surface area contributed by atoms with Crippen molar-refractivity contribution in [1.29, 1.82) is 0 Å². The zero-order valence-electron chi connectivity index (χ0n) is 12.9. The zero-order valence-corrected chi connectivity index (χ0v) is 12.9. The molecule has 2 rings (SSSR count). The minimum Gasteiger partial charge on any atom is -0.495 e. The van der Waals surface area contributed by atoms with Crippen LogP contribution in [-0.4, -0.2) is 49.5 Å². The van der Waals surface area contributed by atoms with Crippen LogP contribution in [0.5, 0.6) is 5.75 Å². The number of nitrogens with one attached hydrogen (secondary N) is 3. The van der Waals surface area contributed by atoms with Gasteiger partial charge in [0.05, 0.1) is 30.8 Å². The van der Waals surface area contributed by atoms with Crippen molar-refractivity contribution in [2.75, 3.05) is 32.1 Å². The number of nitro groups is 1. The molecule has 23 heavy (non-hydrogen) atoms. The van der Waals surface area contributed by atoms with Crippen LogP contribution >= 0.6 is 0 Å². The van der Waals surface area contributed by atoms with E-state index in [1.807, 2.05) is 0 Å². The second-order valence-electron chi connectivity index (χ2n) is 5.29. The summed E-state index contributed by atoms with van der Waals surface area (Å²) in [4.78, 5) is 35.0. The second-order valence-corrected chi connectivity index (χ2v) is 5.29. The molecule has 1 heterocycles. The lowest BCUT2D eigenvalue weighted by Crippen LogP contribution is -3.19. The molecule has 1 unspecified atom stereocenters. The maximum Gasteiger partial charge on any atom is 0.282 e. The van der Waals surface area contributed by atoms with Crippen LogP contribution in [0.25, 0.3) is 0 Å². The minimum atomic E-state index is -0.543. The summed E-state index contributed by atoms with van der Waals surface area (Å²) in [5, 5.41) is 16.2. The van der Waals surface area contributed by atoms with Gasteiger partial charge in [-0.2, -0.15) is 0 Å². The molecule has 1 saturated heterocycles. The van der Waals surface area contributed by atoms with Crippen LogP contribution in [0.1, 0.15) is 6.92 Å². The summed E-state index contributed by atoms with van der Waals surface area (Å²) in [6, 6.07) is 3.52. The standard InChI is InChI=1S/C14H18N4O5/c1-9(17-6-5-15-13(19)8-17)14(20)16-11-7-10(18(21)22)3-4-12(11)23-2/h3-4,7,9H,5-6,8H2,1-2H3,(H,15,19)(H,16,20)/p+1/t9-/m0/s1. The number of hydrogen-bond donors (Lipinski definition) is 3. The number of carbonyl (C=O) groups is 2. The molecule has 1 aromatic carbocycles.